The maximum atomic E-state index is 12.6. The number of nitrogens with one attached hydrogen (secondary N) is 1. The van der Waals surface area contributed by atoms with E-state index in [9.17, 15) is 9.59 Å². The molecule has 1 heterocycles. The van der Waals surface area contributed by atoms with Gasteiger partial charge in [-0.25, -0.2) is 5.01 Å². The normalized spacial score (nSPS) is 16.6. The summed E-state index contributed by atoms with van der Waals surface area (Å²) in [7, 11) is 0. The Kier molecular flexibility index (Phi) is 5.89. The second-order valence-corrected chi connectivity index (χ2v) is 7.42. The SMILES string of the molecule is O=C(NC1CCCC1)c1ccccc1OCC(=O)N1CCC(c2ccccc2)=N1. The van der Waals surface area contributed by atoms with E-state index in [1.165, 1.54) is 5.01 Å². The summed E-state index contributed by atoms with van der Waals surface area (Å²) in [6, 6.07) is 17.1. The Morgan fingerprint density at radius 3 is 2.55 bits per heavy atom. The van der Waals surface area contributed by atoms with Crippen LogP contribution in [0.3, 0.4) is 0 Å². The summed E-state index contributed by atoms with van der Waals surface area (Å²) in [5.74, 6) is 0.0512. The van der Waals surface area contributed by atoms with Crippen molar-refractivity contribution in [2.75, 3.05) is 13.2 Å². The molecule has 2 amide bonds. The molecule has 6 nitrogen and oxygen atoms in total. The molecule has 1 N–H and O–H groups in total. The molecule has 1 fully saturated rings. The first-order valence-corrected chi connectivity index (χ1v) is 10.2. The summed E-state index contributed by atoms with van der Waals surface area (Å²) in [5, 5.41) is 8.95. The first-order valence-electron chi connectivity index (χ1n) is 10.2. The number of nitrogens with zero attached hydrogens (tertiary/aromatic N) is 2. The smallest absolute Gasteiger partial charge is 0.280 e. The van der Waals surface area contributed by atoms with Crippen molar-refractivity contribution in [2.24, 2.45) is 5.10 Å². The average Bonchev–Trinajstić information content (AvgIpc) is 3.45. The molecule has 4 rings (SSSR count). The second kappa shape index (κ2) is 8.90. The van der Waals surface area contributed by atoms with Gasteiger partial charge in [0.1, 0.15) is 5.75 Å². The largest absolute Gasteiger partial charge is 0.483 e. The molecule has 2 aliphatic rings. The number of rotatable bonds is 6. The van der Waals surface area contributed by atoms with Gasteiger partial charge in [0.2, 0.25) is 0 Å². The van der Waals surface area contributed by atoms with E-state index < -0.39 is 0 Å². The van der Waals surface area contributed by atoms with Gasteiger partial charge in [-0.1, -0.05) is 55.3 Å². The monoisotopic (exact) mass is 391 g/mol. The molecule has 0 atom stereocenters. The highest BCUT2D eigenvalue weighted by Crippen LogP contribution is 2.22. The van der Waals surface area contributed by atoms with Crippen molar-refractivity contribution < 1.29 is 14.3 Å². The zero-order valence-electron chi connectivity index (χ0n) is 16.3. The van der Waals surface area contributed by atoms with Crippen molar-refractivity contribution in [1.82, 2.24) is 10.3 Å². The van der Waals surface area contributed by atoms with E-state index in [2.05, 4.69) is 10.4 Å². The average molecular weight is 391 g/mol. The van der Waals surface area contributed by atoms with E-state index in [-0.39, 0.29) is 24.5 Å². The predicted octanol–water partition coefficient (Wildman–Crippen LogP) is 3.37. The number of hydrazone groups is 1. The number of para-hydroxylation sites is 1. The van der Waals surface area contributed by atoms with Crippen LogP contribution in [0.2, 0.25) is 0 Å². The molecule has 0 unspecified atom stereocenters. The Labute approximate surface area is 170 Å². The van der Waals surface area contributed by atoms with Gasteiger partial charge in [0.15, 0.2) is 6.61 Å². The molecular formula is C23H25N3O3. The molecule has 150 valence electrons. The van der Waals surface area contributed by atoms with E-state index in [4.69, 9.17) is 4.74 Å². The number of benzene rings is 2. The number of ether oxygens (including phenoxy) is 1. The number of amides is 2. The Hall–Kier alpha value is -3.15. The van der Waals surface area contributed by atoms with Crippen LogP contribution in [0, 0.1) is 0 Å². The molecule has 6 heteroatoms. The third-order valence-electron chi connectivity index (χ3n) is 5.37. The Morgan fingerprint density at radius 2 is 1.76 bits per heavy atom. The van der Waals surface area contributed by atoms with Crippen molar-refractivity contribution >= 4 is 17.5 Å². The molecule has 1 saturated carbocycles. The molecule has 0 aromatic heterocycles. The fraction of sp³-hybridized carbons (Fsp3) is 0.348. The number of carbonyl (C=O) groups excluding carboxylic acids is 2. The highest BCUT2D eigenvalue weighted by molar-refractivity contribution is 6.02. The standard InChI is InChI=1S/C23H25N3O3/c27-22(26-15-14-20(25-26)17-8-2-1-3-9-17)16-29-21-13-7-6-12-19(21)23(28)24-18-10-4-5-11-18/h1-3,6-9,12-13,18H,4-5,10-11,14-16H2,(H,24,28). The minimum absolute atomic E-state index is 0.148. The molecule has 29 heavy (non-hydrogen) atoms. The van der Waals surface area contributed by atoms with Crippen molar-refractivity contribution in [2.45, 2.75) is 38.1 Å². The van der Waals surface area contributed by atoms with Crippen LogP contribution >= 0.6 is 0 Å². The van der Waals surface area contributed by atoms with Crippen LogP contribution in [0.4, 0.5) is 0 Å². The van der Waals surface area contributed by atoms with Crippen LogP contribution in [0.1, 0.15) is 48.0 Å². The maximum Gasteiger partial charge on any atom is 0.280 e. The lowest BCUT2D eigenvalue weighted by molar-refractivity contribution is -0.132. The topological polar surface area (TPSA) is 71.0 Å². The van der Waals surface area contributed by atoms with E-state index in [1.54, 1.807) is 24.3 Å². The molecule has 1 aliphatic carbocycles. The second-order valence-electron chi connectivity index (χ2n) is 7.42. The molecule has 0 bridgehead atoms. The number of hydrogen-bond acceptors (Lipinski definition) is 4. The lowest BCUT2D eigenvalue weighted by Crippen LogP contribution is -2.33. The van der Waals surface area contributed by atoms with Crippen LogP contribution in [0.25, 0.3) is 0 Å². The van der Waals surface area contributed by atoms with Crippen LogP contribution < -0.4 is 10.1 Å². The van der Waals surface area contributed by atoms with Gasteiger partial charge in [0.05, 0.1) is 17.8 Å². The van der Waals surface area contributed by atoms with E-state index in [0.717, 1.165) is 43.4 Å². The molecule has 2 aromatic carbocycles. The van der Waals surface area contributed by atoms with Gasteiger partial charge in [-0.2, -0.15) is 5.10 Å². The Bertz CT molecular complexity index is 905. The fourth-order valence-corrected chi connectivity index (χ4v) is 3.80. The summed E-state index contributed by atoms with van der Waals surface area (Å²) in [6.07, 6.45) is 5.06. The summed E-state index contributed by atoms with van der Waals surface area (Å²) >= 11 is 0. The minimum atomic E-state index is -0.220. The highest BCUT2D eigenvalue weighted by atomic mass is 16.5. The summed E-state index contributed by atoms with van der Waals surface area (Å²) in [4.78, 5) is 25.2. The third kappa shape index (κ3) is 4.65. The Balaban J connectivity index is 1.37. The van der Waals surface area contributed by atoms with Crippen LogP contribution in [0.15, 0.2) is 59.7 Å². The van der Waals surface area contributed by atoms with Gasteiger partial charge in [-0.3, -0.25) is 9.59 Å². The summed E-state index contributed by atoms with van der Waals surface area (Å²) in [6.45, 7) is 0.384. The van der Waals surface area contributed by atoms with Gasteiger partial charge >= 0.3 is 0 Å². The zero-order valence-corrected chi connectivity index (χ0v) is 16.3. The first-order chi connectivity index (χ1) is 14.2. The van der Waals surface area contributed by atoms with E-state index in [1.807, 2.05) is 30.3 Å². The Morgan fingerprint density at radius 1 is 1.03 bits per heavy atom. The fourth-order valence-electron chi connectivity index (χ4n) is 3.80. The van der Waals surface area contributed by atoms with Crippen molar-refractivity contribution in [1.29, 1.82) is 0 Å². The lowest BCUT2D eigenvalue weighted by Gasteiger charge is -2.16. The zero-order chi connectivity index (χ0) is 20.1. The van der Waals surface area contributed by atoms with Crippen molar-refractivity contribution in [3.63, 3.8) is 0 Å². The van der Waals surface area contributed by atoms with Crippen LogP contribution in [-0.2, 0) is 4.79 Å². The summed E-state index contributed by atoms with van der Waals surface area (Å²) in [5.41, 5.74) is 2.38. The van der Waals surface area contributed by atoms with E-state index >= 15 is 0 Å². The van der Waals surface area contributed by atoms with Crippen molar-refractivity contribution in [3.05, 3.63) is 65.7 Å². The van der Waals surface area contributed by atoms with Gasteiger partial charge < -0.3 is 10.1 Å². The third-order valence-corrected chi connectivity index (χ3v) is 5.37. The summed E-state index contributed by atoms with van der Waals surface area (Å²) < 4.78 is 5.72. The van der Waals surface area contributed by atoms with Crippen molar-refractivity contribution in [3.8, 4) is 5.75 Å². The molecule has 0 saturated heterocycles. The minimum Gasteiger partial charge on any atom is -0.483 e. The van der Waals surface area contributed by atoms with Gasteiger partial charge in [-0.15, -0.1) is 0 Å². The molecule has 2 aromatic rings. The highest BCUT2D eigenvalue weighted by Gasteiger charge is 2.23. The molecule has 1 aliphatic heterocycles. The molecular weight excluding hydrogens is 366 g/mol. The van der Waals surface area contributed by atoms with Crippen LogP contribution in [-0.4, -0.2) is 41.7 Å². The molecule has 0 spiro atoms. The molecule has 0 radical (unpaired) electrons. The van der Waals surface area contributed by atoms with Gasteiger partial charge in [0.25, 0.3) is 11.8 Å². The predicted molar refractivity (Wildman–Crippen MR) is 111 cm³/mol. The quantitative estimate of drug-likeness (QED) is 0.821. The maximum absolute atomic E-state index is 12.6. The number of hydrogen-bond donors (Lipinski definition) is 1. The van der Waals surface area contributed by atoms with Gasteiger partial charge in [0, 0.05) is 12.5 Å². The van der Waals surface area contributed by atoms with Gasteiger partial charge in [-0.05, 0) is 30.5 Å². The van der Waals surface area contributed by atoms with Crippen LogP contribution in [0.5, 0.6) is 5.75 Å². The first kappa shape index (κ1) is 19.2. The van der Waals surface area contributed by atoms with E-state index in [0.29, 0.717) is 17.9 Å². The number of carbonyl (C=O) groups is 2. The lowest BCUT2D eigenvalue weighted by atomic mass is 10.1.